The standard InChI is InChI=1S/C9H6FNO2S/c1-5(12)6(4-11)9(13)7-2-3-8(10)14-7/h2-3,6H,1H3. The molecule has 72 valence electrons. The van der Waals surface area contributed by atoms with Crippen LogP contribution in [0.3, 0.4) is 0 Å². The SMILES string of the molecule is CC(=O)C(C#N)C(=O)c1ccc(F)s1. The number of hydrogen-bond donors (Lipinski definition) is 0. The molecule has 0 aliphatic heterocycles. The highest BCUT2D eigenvalue weighted by molar-refractivity contribution is 7.12. The molecular weight excluding hydrogens is 205 g/mol. The Balaban J connectivity index is 2.96. The highest BCUT2D eigenvalue weighted by Crippen LogP contribution is 2.18. The van der Waals surface area contributed by atoms with Gasteiger partial charge in [0.25, 0.3) is 0 Å². The highest BCUT2D eigenvalue weighted by Gasteiger charge is 2.25. The lowest BCUT2D eigenvalue weighted by atomic mass is 10.0. The molecule has 0 fully saturated rings. The molecule has 0 aliphatic carbocycles. The van der Waals surface area contributed by atoms with Crippen molar-refractivity contribution in [1.29, 1.82) is 5.26 Å². The summed E-state index contributed by atoms with van der Waals surface area (Å²) in [6, 6.07) is 4.00. The lowest BCUT2D eigenvalue weighted by Crippen LogP contribution is -2.19. The zero-order chi connectivity index (χ0) is 10.7. The van der Waals surface area contributed by atoms with Gasteiger partial charge in [0.2, 0.25) is 0 Å². The second kappa shape index (κ2) is 4.11. The zero-order valence-corrected chi connectivity index (χ0v) is 8.10. The molecule has 14 heavy (non-hydrogen) atoms. The summed E-state index contributed by atoms with van der Waals surface area (Å²) in [6.07, 6.45) is 0. The van der Waals surface area contributed by atoms with Gasteiger partial charge < -0.3 is 0 Å². The zero-order valence-electron chi connectivity index (χ0n) is 7.28. The lowest BCUT2D eigenvalue weighted by Gasteiger charge is -2.00. The number of hydrogen-bond acceptors (Lipinski definition) is 4. The van der Waals surface area contributed by atoms with E-state index in [4.69, 9.17) is 5.26 Å². The summed E-state index contributed by atoms with van der Waals surface area (Å²) in [7, 11) is 0. The minimum absolute atomic E-state index is 0.101. The number of thiophene rings is 1. The largest absolute Gasteiger partial charge is 0.298 e. The number of Topliss-reactive ketones (excluding diaryl/α,β-unsaturated/α-hetero) is 2. The van der Waals surface area contributed by atoms with Crippen molar-refractivity contribution in [3.63, 3.8) is 0 Å². The van der Waals surface area contributed by atoms with Gasteiger partial charge in [-0.25, -0.2) is 0 Å². The van der Waals surface area contributed by atoms with Crippen LogP contribution in [0.2, 0.25) is 0 Å². The van der Waals surface area contributed by atoms with Crippen molar-refractivity contribution in [1.82, 2.24) is 0 Å². The molecule has 1 rings (SSSR count). The van der Waals surface area contributed by atoms with Crippen molar-refractivity contribution in [2.45, 2.75) is 6.92 Å². The third-order valence-electron chi connectivity index (χ3n) is 1.61. The second-order valence-electron chi connectivity index (χ2n) is 2.64. The maximum absolute atomic E-state index is 12.6. The number of nitrogens with zero attached hydrogens (tertiary/aromatic N) is 1. The fourth-order valence-electron chi connectivity index (χ4n) is 0.923. The molecule has 0 spiro atoms. The van der Waals surface area contributed by atoms with E-state index in [1.165, 1.54) is 6.07 Å². The van der Waals surface area contributed by atoms with E-state index in [2.05, 4.69) is 0 Å². The van der Waals surface area contributed by atoms with Crippen LogP contribution in [0.25, 0.3) is 0 Å². The van der Waals surface area contributed by atoms with Gasteiger partial charge in [0.1, 0.15) is 0 Å². The molecule has 0 aliphatic rings. The van der Waals surface area contributed by atoms with Crippen molar-refractivity contribution >= 4 is 22.9 Å². The van der Waals surface area contributed by atoms with Crippen LogP contribution in [-0.4, -0.2) is 11.6 Å². The maximum atomic E-state index is 12.6. The summed E-state index contributed by atoms with van der Waals surface area (Å²) in [6.45, 7) is 1.16. The molecule has 1 unspecified atom stereocenters. The molecule has 0 N–H and O–H groups in total. The summed E-state index contributed by atoms with van der Waals surface area (Å²) >= 11 is 0.637. The third kappa shape index (κ3) is 2.03. The first-order valence-corrected chi connectivity index (χ1v) is 4.57. The first kappa shape index (κ1) is 10.5. The number of rotatable bonds is 3. The molecule has 3 nitrogen and oxygen atoms in total. The number of halogens is 1. The Kier molecular flexibility index (Phi) is 3.10. The molecule has 0 bridgehead atoms. The van der Waals surface area contributed by atoms with Gasteiger partial charge in [-0.15, -0.1) is 11.3 Å². The van der Waals surface area contributed by atoms with Crippen molar-refractivity contribution in [3.05, 3.63) is 22.1 Å². The molecule has 0 saturated carbocycles. The molecule has 0 saturated heterocycles. The predicted molar refractivity (Wildman–Crippen MR) is 48.4 cm³/mol. The van der Waals surface area contributed by atoms with Gasteiger partial charge in [-0.1, -0.05) is 0 Å². The van der Waals surface area contributed by atoms with Crippen LogP contribution in [0.1, 0.15) is 16.6 Å². The van der Waals surface area contributed by atoms with Crippen LogP contribution >= 0.6 is 11.3 Å². The summed E-state index contributed by atoms with van der Waals surface area (Å²) in [4.78, 5) is 22.4. The van der Waals surface area contributed by atoms with Crippen LogP contribution in [-0.2, 0) is 4.79 Å². The molecular formula is C9H6FNO2S. The molecule has 0 aromatic carbocycles. The first-order valence-electron chi connectivity index (χ1n) is 3.76. The summed E-state index contributed by atoms with van der Waals surface area (Å²) < 4.78 is 12.6. The van der Waals surface area contributed by atoms with Crippen LogP contribution in [0, 0.1) is 22.4 Å². The highest BCUT2D eigenvalue weighted by atomic mass is 32.1. The van der Waals surface area contributed by atoms with Gasteiger partial charge in [0.15, 0.2) is 22.6 Å². The van der Waals surface area contributed by atoms with Crippen LogP contribution in [0.5, 0.6) is 0 Å². The normalized spacial score (nSPS) is 11.8. The number of nitriles is 1. The molecule has 5 heteroatoms. The smallest absolute Gasteiger partial charge is 0.197 e. The molecule has 0 amide bonds. The maximum Gasteiger partial charge on any atom is 0.197 e. The summed E-state index contributed by atoms with van der Waals surface area (Å²) in [5.74, 6) is -2.46. The van der Waals surface area contributed by atoms with E-state index in [-0.39, 0.29) is 4.88 Å². The minimum atomic E-state index is -1.31. The lowest BCUT2D eigenvalue weighted by molar-refractivity contribution is -0.118. The Hall–Kier alpha value is -1.54. The molecule has 1 heterocycles. The predicted octanol–water partition coefficient (Wildman–Crippen LogP) is 1.80. The van der Waals surface area contributed by atoms with Gasteiger partial charge in [-0.2, -0.15) is 9.65 Å². The van der Waals surface area contributed by atoms with E-state index >= 15 is 0 Å². The van der Waals surface area contributed by atoms with Crippen molar-refractivity contribution in [3.8, 4) is 6.07 Å². The Bertz CT molecular complexity index is 419. The topological polar surface area (TPSA) is 57.9 Å². The Labute approximate surface area is 83.8 Å². The van der Waals surface area contributed by atoms with E-state index < -0.39 is 22.6 Å². The van der Waals surface area contributed by atoms with Crippen LogP contribution < -0.4 is 0 Å². The van der Waals surface area contributed by atoms with Crippen molar-refractivity contribution in [2.75, 3.05) is 0 Å². The van der Waals surface area contributed by atoms with E-state index in [1.807, 2.05) is 0 Å². The summed E-state index contributed by atoms with van der Waals surface area (Å²) in [5.41, 5.74) is 0. The van der Waals surface area contributed by atoms with E-state index in [1.54, 1.807) is 6.07 Å². The quantitative estimate of drug-likeness (QED) is 0.565. The van der Waals surface area contributed by atoms with Gasteiger partial charge >= 0.3 is 0 Å². The average molecular weight is 211 g/mol. The first-order chi connectivity index (χ1) is 6.56. The van der Waals surface area contributed by atoms with Crippen LogP contribution in [0.4, 0.5) is 4.39 Å². The molecule has 1 aromatic heterocycles. The Morgan fingerprint density at radius 1 is 1.57 bits per heavy atom. The second-order valence-corrected chi connectivity index (χ2v) is 3.67. The Morgan fingerprint density at radius 2 is 2.21 bits per heavy atom. The fourth-order valence-corrected chi connectivity index (χ4v) is 1.62. The van der Waals surface area contributed by atoms with Gasteiger partial charge in [0.05, 0.1) is 10.9 Å². The van der Waals surface area contributed by atoms with Gasteiger partial charge in [-0.05, 0) is 19.1 Å². The van der Waals surface area contributed by atoms with E-state index in [0.29, 0.717) is 11.3 Å². The number of carbonyl (C=O) groups is 2. The van der Waals surface area contributed by atoms with Crippen LogP contribution in [0.15, 0.2) is 12.1 Å². The third-order valence-corrected chi connectivity index (χ3v) is 2.50. The van der Waals surface area contributed by atoms with E-state index in [0.717, 1.165) is 13.0 Å². The summed E-state index contributed by atoms with van der Waals surface area (Å²) in [5, 5.41) is 8.05. The molecule has 1 atom stereocenters. The van der Waals surface area contributed by atoms with Crippen molar-refractivity contribution in [2.24, 2.45) is 5.92 Å². The molecule has 1 aromatic rings. The van der Waals surface area contributed by atoms with Gasteiger partial charge in [0, 0.05) is 0 Å². The Morgan fingerprint density at radius 3 is 2.57 bits per heavy atom. The van der Waals surface area contributed by atoms with Crippen molar-refractivity contribution < 1.29 is 14.0 Å². The van der Waals surface area contributed by atoms with E-state index in [9.17, 15) is 14.0 Å². The monoisotopic (exact) mass is 211 g/mol. The molecule has 0 radical (unpaired) electrons. The minimum Gasteiger partial charge on any atom is -0.298 e. The van der Waals surface area contributed by atoms with Gasteiger partial charge in [-0.3, -0.25) is 9.59 Å². The number of carbonyl (C=O) groups excluding carboxylic acids is 2. The number of ketones is 2. The fraction of sp³-hybridized carbons (Fsp3) is 0.222. The average Bonchev–Trinajstić information content (AvgIpc) is 2.52.